The molecule has 1 N–H and O–H groups in total. The lowest BCUT2D eigenvalue weighted by Crippen LogP contribution is -1.99. The van der Waals surface area contributed by atoms with Crippen LogP contribution in [0.2, 0.25) is 5.15 Å². The lowest BCUT2D eigenvalue weighted by atomic mass is 10.2. The van der Waals surface area contributed by atoms with Crippen molar-refractivity contribution in [3.8, 4) is 0 Å². The van der Waals surface area contributed by atoms with E-state index in [1.54, 1.807) is 12.3 Å². The molecule has 0 aliphatic heterocycles. The van der Waals surface area contributed by atoms with E-state index in [1.807, 2.05) is 41.2 Å². The molecule has 2 aromatic heterocycles. The lowest BCUT2D eigenvalue weighted by Gasteiger charge is -2.02. The van der Waals surface area contributed by atoms with Crippen molar-refractivity contribution in [2.75, 3.05) is 5.32 Å². The molecule has 0 aliphatic rings. The van der Waals surface area contributed by atoms with E-state index in [0.29, 0.717) is 11.0 Å². The second kappa shape index (κ2) is 5.75. The van der Waals surface area contributed by atoms with Crippen molar-refractivity contribution in [1.29, 1.82) is 0 Å². The molecule has 4 nitrogen and oxygen atoms in total. The van der Waals surface area contributed by atoms with Gasteiger partial charge in [0.1, 0.15) is 11.0 Å². The molecule has 1 aromatic carbocycles. The van der Waals surface area contributed by atoms with Crippen LogP contribution in [0.1, 0.15) is 5.56 Å². The lowest BCUT2D eigenvalue weighted by molar-refractivity contribution is 0.687. The summed E-state index contributed by atoms with van der Waals surface area (Å²) < 4.78 is 1.88. The van der Waals surface area contributed by atoms with Crippen LogP contribution < -0.4 is 5.32 Å². The van der Waals surface area contributed by atoms with E-state index in [2.05, 4.69) is 27.5 Å². The van der Waals surface area contributed by atoms with Gasteiger partial charge in [-0.05, 0) is 17.7 Å². The molecule has 5 heteroatoms. The number of hydrogen-bond donors (Lipinski definition) is 1. The van der Waals surface area contributed by atoms with Crippen molar-refractivity contribution in [3.63, 3.8) is 0 Å². The van der Waals surface area contributed by atoms with Crippen molar-refractivity contribution in [3.05, 3.63) is 71.6 Å². The third-order valence-electron chi connectivity index (χ3n) is 2.81. The first-order valence-corrected chi connectivity index (χ1v) is 6.63. The van der Waals surface area contributed by atoms with Gasteiger partial charge in [-0.25, -0.2) is 4.98 Å². The topological polar surface area (TPSA) is 42.7 Å². The van der Waals surface area contributed by atoms with E-state index >= 15 is 0 Å². The zero-order valence-electron chi connectivity index (χ0n) is 10.7. The van der Waals surface area contributed by atoms with E-state index in [0.717, 1.165) is 12.2 Å². The van der Waals surface area contributed by atoms with Gasteiger partial charge in [-0.15, -0.1) is 0 Å². The zero-order valence-corrected chi connectivity index (χ0v) is 11.5. The van der Waals surface area contributed by atoms with Crippen LogP contribution in [0.3, 0.4) is 0 Å². The van der Waals surface area contributed by atoms with Crippen LogP contribution in [0, 0.1) is 0 Å². The van der Waals surface area contributed by atoms with Gasteiger partial charge in [0, 0.05) is 6.20 Å². The van der Waals surface area contributed by atoms with Crippen molar-refractivity contribution in [2.24, 2.45) is 0 Å². The third-order valence-corrected chi connectivity index (χ3v) is 3.02. The van der Waals surface area contributed by atoms with E-state index in [1.165, 1.54) is 5.56 Å². The Kier molecular flexibility index (Phi) is 3.65. The van der Waals surface area contributed by atoms with Crippen molar-refractivity contribution in [2.45, 2.75) is 6.54 Å². The Morgan fingerprint density at radius 1 is 1.05 bits per heavy atom. The normalized spacial score (nSPS) is 10.4. The molecule has 0 unspecified atom stereocenters. The van der Waals surface area contributed by atoms with Gasteiger partial charge >= 0.3 is 0 Å². The standard InChI is InChI=1S/C15H13ClN4/c16-14-7-4-8-15(19-14)18-13-9-17-20(11-13)10-12-5-2-1-3-6-12/h1-9,11H,10H2,(H,18,19). The monoisotopic (exact) mass is 284 g/mol. The summed E-state index contributed by atoms with van der Waals surface area (Å²) in [5.74, 6) is 0.705. The van der Waals surface area contributed by atoms with Crippen molar-refractivity contribution >= 4 is 23.1 Å². The molecule has 3 aromatic rings. The summed E-state index contributed by atoms with van der Waals surface area (Å²) in [5, 5.41) is 7.96. The molecule has 0 radical (unpaired) electrons. The summed E-state index contributed by atoms with van der Waals surface area (Å²) in [4.78, 5) is 4.18. The van der Waals surface area contributed by atoms with Gasteiger partial charge in [-0.2, -0.15) is 5.10 Å². The van der Waals surface area contributed by atoms with Crippen LogP contribution >= 0.6 is 11.6 Å². The largest absolute Gasteiger partial charge is 0.338 e. The van der Waals surface area contributed by atoms with Gasteiger partial charge in [0.2, 0.25) is 0 Å². The van der Waals surface area contributed by atoms with Gasteiger partial charge in [0.15, 0.2) is 0 Å². The van der Waals surface area contributed by atoms with Crippen molar-refractivity contribution in [1.82, 2.24) is 14.8 Å². The highest BCUT2D eigenvalue weighted by Gasteiger charge is 2.01. The number of rotatable bonds is 4. The fourth-order valence-corrected chi connectivity index (χ4v) is 2.07. The summed E-state index contributed by atoms with van der Waals surface area (Å²) in [5.41, 5.74) is 2.10. The van der Waals surface area contributed by atoms with Gasteiger partial charge in [0.05, 0.1) is 18.4 Å². The molecule has 0 spiro atoms. The van der Waals surface area contributed by atoms with Gasteiger partial charge in [0.25, 0.3) is 0 Å². The summed E-state index contributed by atoms with van der Waals surface area (Å²) in [6, 6.07) is 15.7. The maximum Gasteiger partial charge on any atom is 0.132 e. The smallest absolute Gasteiger partial charge is 0.132 e. The minimum Gasteiger partial charge on any atom is -0.338 e. The molecule has 2 heterocycles. The summed E-state index contributed by atoms with van der Waals surface area (Å²) in [6.45, 7) is 0.742. The Morgan fingerprint density at radius 3 is 2.70 bits per heavy atom. The molecular weight excluding hydrogens is 272 g/mol. The van der Waals surface area contributed by atoms with Crippen LogP contribution in [-0.2, 0) is 6.54 Å². The Hall–Kier alpha value is -2.33. The number of pyridine rings is 1. The molecule has 0 fully saturated rings. The fraction of sp³-hybridized carbons (Fsp3) is 0.0667. The van der Waals surface area contributed by atoms with Crippen LogP contribution in [0.5, 0.6) is 0 Å². The Bertz CT molecular complexity index is 694. The number of nitrogens with one attached hydrogen (secondary N) is 1. The third kappa shape index (κ3) is 3.16. The molecule has 0 saturated carbocycles. The Balaban J connectivity index is 1.71. The predicted octanol–water partition coefficient (Wildman–Crippen LogP) is 3.72. The summed E-state index contributed by atoms with van der Waals surface area (Å²) in [6.07, 6.45) is 3.71. The maximum atomic E-state index is 5.85. The second-order valence-corrected chi connectivity index (χ2v) is 4.77. The Morgan fingerprint density at radius 2 is 1.90 bits per heavy atom. The molecule has 0 atom stereocenters. The molecule has 3 rings (SSSR count). The van der Waals surface area contributed by atoms with Crippen LogP contribution in [-0.4, -0.2) is 14.8 Å². The van der Waals surface area contributed by atoms with E-state index in [-0.39, 0.29) is 0 Å². The number of benzene rings is 1. The Labute approximate surface area is 122 Å². The fourth-order valence-electron chi connectivity index (χ4n) is 1.91. The van der Waals surface area contributed by atoms with Gasteiger partial charge in [-0.1, -0.05) is 48.0 Å². The number of hydrogen-bond acceptors (Lipinski definition) is 3. The first-order valence-electron chi connectivity index (χ1n) is 6.25. The van der Waals surface area contributed by atoms with Crippen LogP contribution in [0.4, 0.5) is 11.5 Å². The van der Waals surface area contributed by atoms with Gasteiger partial charge < -0.3 is 5.32 Å². The molecule has 0 amide bonds. The number of halogens is 1. The molecule has 0 aliphatic carbocycles. The van der Waals surface area contributed by atoms with Crippen LogP contribution in [0.25, 0.3) is 0 Å². The number of nitrogens with zero attached hydrogens (tertiary/aromatic N) is 3. The molecule has 20 heavy (non-hydrogen) atoms. The summed E-state index contributed by atoms with van der Waals surface area (Å²) in [7, 11) is 0. The molecule has 0 saturated heterocycles. The average Bonchev–Trinajstić information content (AvgIpc) is 2.87. The summed E-state index contributed by atoms with van der Waals surface area (Å²) >= 11 is 5.85. The first kappa shape index (κ1) is 12.7. The van der Waals surface area contributed by atoms with Crippen LogP contribution in [0.15, 0.2) is 60.9 Å². The predicted molar refractivity (Wildman–Crippen MR) is 80.3 cm³/mol. The molecule has 0 bridgehead atoms. The minimum absolute atomic E-state index is 0.465. The highest BCUT2D eigenvalue weighted by molar-refractivity contribution is 6.29. The minimum atomic E-state index is 0.465. The zero-order chi connectivity index (χ0) is 13.8. The molecular formula is C15H13ClN4. The van der Waals surface area contributed by atoms with E-state index in [4.69, 9.17) is 11.6 Å². The maximum absolute atomic E-state index is 5.85. The van der Waals surface area contributed by atoms with Gasteiger partial charge in [-0.3, -0.25) is 4.68 Å². The highest BCUT2D eigenvalue weighted by atomic mass is 35.5. The highest BCUT2D eigenvalue weighted by Crippen LogP contribution is 2.16. The quantitative estimate of drug-likeness (QED) is 0.743. The first-order chi connectivity index (χ1) is 9.79. The number of aromatic nitrogens is 3. The number of anilines is 2. The molecule has 100 valence electrons. The second-order valence-electron chi connectivity index (χ2n) is 4.38. The van der Waals surface area contributed by atoms with E-state index < -0.39 is 0 Å². The SMILES string of the molecule is Clc1cccc(Nc2cnn(Cc3ccccc3)c2)n1. The van der Waals surface area contributed by atoms with Crippen molar-refractivity contribution < 1.29 is 0 Å². The van der Waals surface area contributed by atoms with E-state index in [9.17, 15) is 0 Å². The average molecular weight is 285 g/mol.